The molecule has 0 bridgehead atoms. The van der Waals surface area contributed by atoms with Gasteiger partial charge in [-0.05, 0) is 54.7 Å². The van der Waals surface area contributed by atoms with Crippen LogP contribution < -0.4 is 10.1 Å². The van der Waals surface area contributed by atoms with Gasteiger partial charge in [-0.3, -0.25) is 5.32 Å². The van der Waals surface area contributed by atoms with Crippen molar-refractivity contribution in [3.8, 4) is 5.75 Å². The maximum Gasteiger partial charge on any atom is 0.411 e. The lowest BCUT2D eigenvalue weighted by molar-refractivity contribution is 0.144. The smallest absolute Gasteiger partial charge is 0.411 e. The molecule has 146 valence electrons. The molecule has 2 aromatic carbocycles. The highest BCUT2D eigenvalue weighted by Crippen LogP contribution is 2.33. The lowest BCUT2D eigenvalue weighted by Crippen LogP contribution is -2.14. The molecular weight excluding hydrogens is 352 g/mol. The zero-order valence-electron chi connectivity index (χ0n) is 16.1. The molecule has 4 nitrogen and oxygen atoms in total. The second kappa shape index (κ2) is 9.35. The number of halogens is 2. The Morgan fingerprint density at radius 3 is 2.44 bits per heavy atom. The minimum absolute atomic E-state index is 0.0635. The van der Waals surface area contributed by atoms with E-state index >= 15 is 0 Å². The van der Waals surface area contributed by atoms with Crippen molar-refractivity contribution < 1.29 is 23.0 Å². The average molecular weight is 377 g/mol. The molecule has 2 rings (SSSR count). The average Bonchev–Trinajstić information content (AvgIpc) is 2.66. The van der Waals surface area contributed by atoms with Gasteiger partial charge in [0.2, 0.25) is 0 Å². The summed E-state index contributed by atoms with van der Waals surface area (Å²) in [6, 6.07) is 8.63. The van der Waals surface area contributed by atoms with Gasteiger partial charge in [0.25, 0.3) is 6.43 Å². The molecule has 0 aromatic heterocycles. The number of alkyl halides is 2. The number of hydrogen-bond acceptors (Lipinski definition) is 3. The van der Waals surface area contributed by atoms with E-state index in [-0.39, 0.29) is 17.9 Å². The van der Waals surface area contributed by atoms with E-state index in [1.54, 1.807) is 12.1 Å². The van der Waals surface area contributed by atoms with Gasteiger partial charge in [-0.2, -0.15) is 0 Å². The second-order valence-electron chi connectivity index (χ2n) is 6.17. The number of carbonyl (C=O) groups is 1. The highest BCUT2D eigenvalue weighted by Gasteiger charge is 2.18. The lowest BCUT2D eigenvalue weighted by atomic mass is 10.0. The molecule has 1 N–H and O–H groups in total. The number of ether oxygens (including phenoxy) is 2. The number of nitrogens with one attached hydrogen (secondary N) is 1. The fraction of sp³-hybridized carbons (Fsp3) is 0.381. The molecule has 0 saturated carbocycles. The van der Waals surface area contributed by atoms with Gasteiger partial charge in [0, 0.05) is 5.56 Å². The van der Waals surface area contributed by atoms with Gasteiger partial charge >= 0.3 is 6.09 Å². The van der Waals surface area contributed by atoms with Crippen molar-refractivity contribution >= 4 is 11.8 Å². The van der Waals surface area contributed by atoms with Gasteiger partial charge in [-0.25, -0.2) is 13.6 Å². The number of benzene rings is 2. The molecular formula is C21H25F2NO3. The first-order valence-electron chi connectivity index (χ1n) is 8.91. The molecule has 0 unspecified atom stereocenters. The van der Waals surface area contributed by atoms with Crippen molar-refractivity contribution in [3.63, 3.8) is 0 Å². The van der Waals surface area contributed by atoms with Crippen LogP contribution in [0.3, 0.4) is 0 Å². The van der Waals surface area contributed by atoms with Crippen LogP contribution in [0, 0.1) is 6.92 Å². The summed E-state index contributed by atoms with van der Waals surface area (Å²) in [4.78, 5) is 11.6. The maximum absolute atomic E-state index is 13.5. The third kappa shape index (κ3) is 4.96. The van der Waals surface area contributed by atoms with Crippen LogP contribution in [0.15, 0.2) is 30.3 Å². The fourth-order valence-corrected chi connectivity index (χ4v) is 2.99. The largest absolute Gasteiger partial charge is 0.488 e. The van der Waals surface area contributed by atoms with E-state index in [1.165, 1.54) is 13.2 Å². The van der Waals surface area contributed by atoms with E-state index in [1.807, 2.05) is 32.9 Å². The Bertz CT molecular complexity index is 806. The molecule has 0 aliphatic rings. The SMILES string of the molecule is CCc1cc(C(F)F)c(OCc2c(CC)cccc2NC(=O)OC)cc1C. The van der Waals surface area contributed by atoms with Gasteiger partial charge in [0.15, 0.2) is 0 Å². The van der Waals surface area contributed by atoms with E-state index in [0.29, 0.717) is 18.5 Å². The van der Waals surface area contributed by atoms with Crippen LogP contribution in [-0.4, -0.2) is 13.2 Å². The number of carbonyl (C=O) groups excluding carboxylic acids is 1. The number of aryl methyl sites for hydroxylation is 3. The first-order valence-corrected chi connectivity index (χ1v) is 8.91. The predicted octanol–water partition coefficient (Wildman–Crippen LogP) is 5.81. The summed E-state index contributed by atoms with van der Waals surface area (Å²) < 4.78 is 37.4. The predicted molar refractivity (Wildman–Crippen MR) is 102 cm³/mol. The highest BCUT2D eigenvalue weighted by molar-refractivity contribution is 5.85. The fourth-order valence-electron chi connectivity index (χ4n) is 2.99. The monoisotopic (exact) mass is 377 g/mol. The normalized spacial score (nSPS) is 10.8. The van der Waals surface area contributed by atoms with Crippen molar-refractivity contribution in [1.82, 2.24) is 0 Å². The van der Waals surface area contributed by atoms with Crippen molar-refractivity contribution in [2.24, 2.45) is 0 Å². The van der Waals surface area contributed by atoms with Crippen molar-refractivity contribution in [2.45, 2.75) is 46.6 Å². The molecule has 0 radical (unpaired) electrons. The van der Waals surface area contributed by atoms with Crippen LogP contribution in [0.5, 0.6) is 5.75 Å². The third-order valence-corrected chi connectivity index (χ3v) is 4.53. The Morgan fingerprint density at radius 1 is 1.15 bits per heavy atom. The number of hydrogen-bond donors (Lipinski definition) is 1. The summed E-state index contributed by atoms with van der Waals surface area (Å²) in [6.07, 6.45) is -1.83. The Morgan fingerprint density at radius 2 is 1.85 bits per heavy atom. The van der Waals surface area contributed by atoms with E-state index < -0.39 is 12.5 Å². The zero-order valence-corrected chi connectivity index (χ0v) is 16.1. The first-order chi connectivity index (χ1) is 12.9. The molecule has 1 amide bonds. The Hall–Kier alpha value is -2.63. The van der Waals surface area contributed by atoms with Crippen LogP contribution in [0.1, 0.15) is 48.1 Å². The first kappa shape index (κ1) is 20.7. The molecule has 0 aliphatic heterocycles. The zero-order chi connectivity index (χ0) is 20.0. The highest BCUT2D eigenvalue weighted by atomic mass is 19.3. The van der Waals surface area contributed by atoms with Crippen LogP contribution >= 0.6 is 0 Å². The van der Waals surface area contributed by atoms with Gasteiger partial charge < -0.3 is 9.47 Å². The molecule has 0 spiro atoms. The second-order valence-corrected chi connectivity index (χ2v) is 6.17. The van der Waals surface area contributed by atoms with E-state index in [2.05, 4.69) is 10.1 Å². The molecule has 0 saturated heterocycles. The third-order valence-electron chi connectivity index (χ3n) is 4.53. The van der Waals surface area contributed by atoms with Crippen LogP contribution in [0.2, 0.25) is 0 Å². The Labute approximate surface area is 158 Å². The molecule has 0 fully saturated rings. The summed E-state index contributed by atoms with van der Waals surface area (Å²) in [5.74, 6) is 0.162. The minimum atomic E-state index is -2.63. The van der Waals surface area contributed by atoms with Crippen molar-refractivity contribution in [1.29, 1.82) is 0 Å². The summed E-state index contributed by atoms with van der Waals surface area (Å²) in [6.45, 7) is 5.85. The summed E-state index contributed by atoms with van der Waals surface area (Å²) >= 11 is 0. The number of rotatable bonds is 7. The van der Waals surface area contributed by atoms with Gasteiger partial charge in [-0.1, -0.05) is 26.0 Å². The topological polar surface area (TPSA) is 47.6 Å². The molecule has 0 aliphatic carbocycles. The van der Waals surface area contributed by atoms with Gasteiger partial charge in [-0.15, -0.1) is 0 Å². The van der Waals surface area contributed by atoms with E-state index in [9.17, 15) is 13.6 Å². The van der Waals surface area contributed by atoms with E-state index in [4.69, 9.17) is 4.74 Å². The molecule has 0 atom stereocenters. The standard InChI is InChI=1S/C21H25F2NO3/c1-5-14-8-7-9-18(24-21(25)26-4)17(14)12-27-19-10-13(3)15(6-2)11-16(19)20(22)23/h7-11,20H,5-6,12H2,1-4H3,(H,24,25). The summed E-state index contributed by atoms with van der Waals surface area (Å²) in [5.41, 5.74) is 3.91. The Kier molecular flexibility index (Phi) is 7.16. The Balaban J connectivity index is 2.36. The van der Waals surface area contributed by atoms with Crippen LogP contribution in [0.25, 0.3) is 0 Å². The maximum atomic E-state index is 13.5. The molecule has 0 heterocycles. The van der Waals surface area contributed by atoms with Crippen molar-refractivity contribution in [3.05, 3.63) is 58.1 Å². The van der Waals surface area contributed by atoms with E-state index in [0.717, 1.165) is 22.3 Å². The van der Waals surface area contributed by atoms with Gasteiger partial charge in [0.05, 0.1) is 18.4 Å². The molecule has 27 heavy (non-hydrogen) atoms. The summed E-state index contributed by atoms with van der Waals surface area (Å²) in [7, 11) is 1.28. The molecule has 6 heteroatoms. The summed E-state index contributed by atoms with van der Waals surface area (Å²) in [5, 5.41) is 2.65. The number of methoxy groups -OCH3 is 1. The minimum Gasteiger partial charge on any atom is -0.488 e. The van der Waals surface area contributed by atoms with Crippen molar-refractivity contribution in [2.75, 3.05) is 12.4 Å². The van der Waals surface area contributed by atoms with Crippen LogP contribution in [0.4, 0.5) is 19.3 Å². The lowest BCUT2D eigenvalue weighted by Gasteiger charge is -2.18. The number of amides is 1. The molecule has 2 aromatic rings. The van der Waals surface area contributed by atoms with Gasteiger partial charge in [0.1, 0.15) is 12.4 Å². The number of anilines is 1. The quantitative estimate of drug-likeness (QED) is 0.662. The van der Waals surface area contributed by atoms with Crippen LogP contribution in [-0.2, 0) is 24.2 Å².